The highest BCUT2D eigenvalue weighted by Crippen LogP contribution is 2.33. The normalized spacial score (nSPS) is 11.3. The topological polar surface area (TPSA) is 74.6 Å². The lowest BCUT2D eigenvalue weighted by atomic mass is 9.93. The number of ether oxygens (including phenoxy) is 3. The predicted octanol–water partition coefficient (Wildman–Crippen LogP) is 3.90. The molecule has 0 fully saturated rings. The summed E-state index contributed by atoms with van der Waals surface area (Å²) in [5.74, 6) is 1.07. The van der Waals surface area contributed by atoms with Gasteiger partial charge in [-0.3, -0.25) is 9.48 Å². The fourth-order valence-corrected chi connectivity index (χ4v) is 3.53. The summed E-state index contributed by atoms with van der Waals surface area (Å²) in [5.41, 5.74) is 3.34. The average Bonchev–Trinajstić information content (AvgIpc) is 3.20. The first-order valence-corrected chi connectivity index (χ1v) is 10.5. The monoisotopic (exact) mass is 437 g/mol. The Bertz CT molecular complexity index is 1040. The van der Waals surface area contributed by atoms with E-state index < -0.39 is 5.41 Å². The van der Waals surface area contributed by atoms with Gasteiger partial charge in [0, 0.05) is 30.4 Å². The molecule has 0 saturated carbocycles. The van der Waals surface area contributed by atoms with Crippen LogP contribution in [0, 0.1) is 5.41 Å². The number of esters is 1. The molecule has 170 valence electrons. The Morgan fingerprint density at radius 2 is 1.75 bits per heavy atom. The number of hydrogen-bond acceptors (Lipinski definition) is 6. The van der Waals surface area contributed by atoms with Gasteiger partial charge in [0.2, 0.25) is 0 Å². The number of rotatable bonds is 10. The predicted molar refractivity (Wildman–Crippen MR) is 124 cm³/mol. The molecule has 32 heavy (non-hydrogen) atoms. The van der Waals surface area contributed by atoms with Crippen LogP contribution >= 0.6 is 0 Å². The van der Waals surface area contributed by atoms with Gasteiger partial charge in [0.25, 0.3) is 0 Å². The summed E-state index contributed by atoms with van der Waals surface area (Å²) in [6.07, 6.45) is 2.04. The van der Waals surface area contributed by atoms with E-state index in [1.807, 2.05) is 61.1 Å². The minimum atomic E-state index is -0.627. The van der Waals surface area contributed by atoms with Crippen molar-refractivity contribution in [1.82, 2.24) is 15.1 Å². The molecule has 0 aliphatic carbocycles. The first kappa shape index (κ1) is 23.3. The zero-order valence-electron chi connectivity index (χ0n) is 19.3. The van der Waals surface area contributed by atoms with Crippen molar-refractivity contribution in [3.63, 3.8) is 0 Å². The summed E-state index contributed by atoms with van der Waals surface area (Å²) in [5, 5.41) is 8.25. The van der Waals surface area contributed by atoms with E-state index >= 15 is 0 Å². The van der Waals surface area contributed by atoms with Gasteiger partial charge in [-0.1, -0.05) is 30.3 Å². The Hall–Kier alpha value is -3.32. The Labute approximate surface area is 189 Å². The van der Waals surface area contributed by atoms with Crippen molar-refractivity contribution in [1.29, 1.82) is 0 Å². The minimum Gasteiger partial charge on any atom is -0.493 e. The van der Waals surface area contributed by atoms with E-state index in [1.54, 1.807) is 14.2 Å². The maximum absolute atomic E-state index is 12.0. The van der Waals surface area contributed by atoms with E-state index in [0.29, 0.717) is 31.1 Å². The molecule has 3 aromatic rings. The second kappa shape index (κ2) is 10.3. The second-order valence-corrected chi connectivity index (χ2v) is 8.23. The molecule has 0 bridgehead atoms. The van der Waals surface area contributed by atoms with Crippen molar-refractivity contribution < 1.29 is 19.0 Å². The lowest BCUT2D eigenvalue weighted by molar-refractivity contribution is -0.150. The van der Waals surface area contributed by atoms with Crippen LogP contribution in [-0.2, 0) is 22.6 Å². The number of aromatic nitrogens is 2. The highest BCUT2D eigenvalue weighted by atomic mass is 16.5. The molecule has 1 heterocycles. The van der Waals surface area contributed by atoms with Gasteiger partial charge in [-0.2, -0.15) is 5.10 Å². The van der Waals surface area contributed by atoms with Crippen molar-refractivity contribution >= 4 is 5.97 Å². The summed E-state index contributed by atoms with van der Waals surface area (Å²) in [4.78, 5) is 12.0. The molecule has 0 saturated heterocycles. The molecular weight excluding hydrogens is 406 g/mol. The quantitative estimate of drug-likeness (QED) is 0.485. The number of carbonyl (C=O) groups excluding carboxylic acids is 1. The number of hydrogen-bond donors (Lipinski definition) is 1. The molecule has 0 aliphatic heterocycles. The highest BCUT2D eigenvalue weighted by Gasteiger charge is 2.28. The largest absolute Gasteiger partial charge is 0.493 e. The van der Waals surface area contributed by atoms with Crippen LogP contribution in [0.1, 0.15) is 25.0 Å². The highest BCUT2D eigenvalue weighted by molar-refractivity contribution is 5.76. The lowest BCUT2D eigenvalue weighted by Crippen LogP contribution is -2.36. The Balaban J connectivity index is 1.89. The smallest absolute Gasteiger partial charge is 0.312 e. The molecule has 0 unspecified atom stereocenters. The molecule has 3 rings (SSSR count). The van der Waals surface area contributed by atoms with Gasteiger partial charge < -0.3 is 19.5 Å². The first-order valence-electron chi connectivity index (χ1n) is 10.5. The molecule has 7 heteroatoms. The fourth-order valence-electron chi connectivity index (χ4n) is 3.53. The molecule has 0 spiro atoms. The number of carbonyl (C=O) groups is 1. The zero-order valence-corrected chi connectivity index (χ0v) is 19.3. The molecule has 0 aliphatic rings. The number of nitrogens with zero attached hydrogens (tertiary/aromatic N) is 2. The van der Waals surface area contributed by atoms with E-state index in [9.17, 15) is 4.79 Å². The fraction of sp³-hybridized carbons (Fsp3) is 0.360. The molecule has 1 N–H and O–H groups in total. The molecule has 0 amide bonds. The van der Waals surface area contributed by atoms with E-state index in [0.717, 1.165) is 16.8 Å². The van der Waals surface area contributed by atoms with Crippen LogP contribution < -0.4 is 14.8 Å². The van der Waals surface area contributed by atoms with Gasteiger partial charge in [0.05, 0.1) is 39.0 Å². The van der Waals surface area contributed by atoms with Crippen LogP contribution in [0.3, 0.4) is 0 Å². The third kappa shape index (κ3) is 5.48. The van der Waals surface area contributed by atoms with Gasteiger partial charge in [0.15, 0.2) is 11.5 Å². The van der Waals surface area contributed by atoms with Gasteiger partial charge in [-0.05, 0) is 37.6 Å². The van der Waals surface area contributed by atoms with Crippen molar-refractivity contribution in [2.45, 2.75) is 26.9 Å². The number of benzene rings is 2. The molecule has 1 aromatic heterocycles. The van der Waals surface area contributed by atoms with Crippen LogP contribution in [0.25, 0.3) is 11.3 Å². The van der Waals surface area contributed by atoms with Crippen LogP contribution in [0.4, 0.5) is 0 Å². The molecule has 0 atom stereocenters. The van der Waals surface area contributed by atoms with Crippen molar-refractivity contribution in [2.24, 2.45) is 5.41 Å². The maximum atomic E-state index is 12.0. The lowest BCUT2D eigenvalue weighted by Gasteiger charge is -2.21. The van der Waals surface area contributed by atoms with Gasteiger partial charge >= 0.3 is 5.97 Å². The summed E-state index contributed by atoms with van der Waals surface area (Å²) in [7, 11) is 4.64. The third-order valence-corrected chi connectivity index (χ3v) is 5.30. The maximum Gasteiger partial charge on any atom is 0.312 e. The van der Waals surface area contributed by atoms with Crippen LogP contribution in [-0.4, -0.2) is 43.6 Å². The van der Waals surface area contributed by atoms with Crippen LogP contribution in [0.2, 0.25) is 0 Å². The summed E-state index contributed by atoms with van der Waals surface area (Å²) in [6.45, 7) is 5.42. The molecule has 0 radical (unpaired) electrons. The van der Waals surface area contributed by atoms with Gasteiger partial charge in [-0.15, -0.1) is 0 Å². The first-order chi connectivity index (χ1) is 15.4. The SMILES string of the molecule is COC(=O)C(C)(C)CNCc1cn(Cc2ccccc2)nc1-c1ccc(OC)c(OC)c1. The van der Waals surface area contributed by atoms with E-state index in [2.05, 4.69) is 17.4 Å². The van der Waals surface area contributed by atoms with E-state index in [4.69, 9.17) is 19.3 Å². The van der Waals surface area contributed by atoms with E-state index in [-0.39, 0.29) is 5.97 Å². The molecule has 2 aromatic carbocycles. The third-order valence-electron chi connectivity index (χ3n) is 5.30. The summed E-state index contributed by atoms with van der Waals surface area (Å²) < 4.78 is 17.7. The summed E-state index contributed by atoms with van der Waals surface area (Å²) >= 11 is 0. The average molecular weight is 438 g/mol. The standard InChI is InChI=1S/C25H31N3O4/c1-25(2,24(29)32-5)17-26-14-20-16-28(15-18-9-7-6-8-10-18)27-23(20)19-11-12-21(30-3)22(13-19)31-4/h6-13,16,26H,14-15,17H2,1-5H3. The Morgan fingerprint density at radius 3 is 2.41 bits per heavy atom. The Kier molecular flexibility index (Phi) is 7.53. The number of methoxy groups -OCH3 is 3. The molecule has 7 nitrogen and oxygen atoms in total. The van der Waals surface area contributed by atoms with Gasteiger partial charge in [-0.25, -0.2) is 0 Å². The van der Waals surface area contributed by atoms with Crippen molar-refractivity contribution in [3.05, 3.63) is 65.9 Å². The van der Waals surface area contributed by atoms with Crippen LogP contribution in [0.5, 0.6) is 11.5 Å². The minimum absolute atomic E-state index is 0.245. The Morgan fingerprint density at radius 1 is 1.03 bits per heavy atom. The van der Waals surface area contributed by atoms with E-state index in [1.165, 1.54) is 12.7 Å². The molecular formula is C25H31N3O4. The van der Waals surface area contributed by atoms with Crippen LogP contribution in [0.15, 0.2) is 54.7 Å². The van der Waals surface area contributed by atoms with Crippen molar-refractivity contribution in [3.8, 4) is 22.8 Å². The van der Waals surface area contributed by atoms with Gasteiger partial charge in [0.1, 0.15) is 0 Å². The number of nitrogens with one attached hydrogen (secondary N) is 1. The summed E-state index contributed by atoms with van der Waals surface area (Å²) in [6, 6.07) is 16.0. The second-order valence-electron chi connectivity index (χ2n) is 8.23. The van der Waals surface area contributed by atoms with Crippen molar-refractivity contribution in [2.75, 3.05) is 27.9 Å². The zero-order chi connectivity index (χ0) is 23.1.